The van der Waals surface area contributed by atoms with Crippen LogP contribution in [-0.4, -0.2) is 87.4 Å². The number of nitrogens with zero attached hydrogens (tertiary/aromatic N) is 3. The first-order valence-electron chi connectivity index (χ1n) is 11.4. The van der Waals surface area contributed by atoms with Gasteiger partial charge in [0.25, 0.3) is 0 Å². The lowest BCUT2D eigenvalue weighted by atomic mass is 10.2. The van der Waals surface area contributed by atoms with Gasteiger partial charge in [-0.05, 0) is 43.1 Å². The number of rotatable bonds is 7. The van der Waals surface area contributed by atoms with Crippen molar-refractivity contribution in [2.45, 2.75) is 26.7 Å². The van der Waals surface area contributed by atoms with Crippen LogP contribution in [0.5, 0.6) is 0 Å². The fraction of sp³-hybridized carbons (Fsp3) is 0.652. The highest BCUT2D eigenvalue weighted by Gasteiger charge is 2.21. The van der Waals surface area contributed by atoms with Gasteiger partial charge < -0.3 is 29.5 Å². The van der Waals surface area contributed by atoms with Gasteiger partial charge in [0.15, 0.2) is 0 Å². The summed E-state index contributed by atoms with van der Waals surface area (Å²) in [5, 5.41) is 2.99. The first-order valence-corrected chi connectivity index (χ1v) is 11.4. The Hall–Kier alpha value is -2.32. The molecule has 0 aromatic heterocycles. The summed E-state index contributed by atoms with van der Waals surface area (Å²) in [6, 6.07) is 8.00. The number of hydrogen-bond donors (Lipinski definition) is 1. The second kappa shape index (κ2) is 11.9. The predicted octanol–water partition coefficient (Wildman–Crippen LogP) is 2.65. The number of hydrogen-bond acceptors (Lipinski definition) is 6. The van der Waals surface area contributed by atoms with Gasteiger partial charge in [-0.1, -0.05) is 13.8 Å². The Kier molecular flexibility index (Phi) is 8.97. The van der Waals surface area contributed by atoms with Gasteiger partial charge in [0.2, 0.25) is 5.91 Å². The molecule has 2 heterocycles. The van der Waals surface area contributed by atoms with Crippen LogP contribution in [-0.2, 0) is 14.3 Å². The van der Waals surface area contributed by atoms with Crippen molar-refractivity contribution in [1.29, 1.82) is 0 Å². The van der Waals surface area contributed by atoms with Gasteiger partial charge >= 0.3 is 6.09 Å². The van der Waals surface area contributed by atoms with E-state index in [1.54, 1.807) is 4.90 Å². The van der Waals surface area contributed by atoms with E-state index in [4.69, 9.17) is 9.47 Å². The molecule has 1 aromatic carbocycles. The second-order valence-electron chi connectivity index (χ2n) is 8.60. The van der Waals surface area contributed by atoms with Crippen molar-refractivity contribution in [1.82, 2.24) is 9.80 Å². The summed E-state index contributed by atoms with van der Waals surface area (Å²) >= 11 is 0. The Morgan fingerprint density at radius 3 is 2.48 bits per heavy atom. The fourth-order valence-corrected chi connectivity index (χ4v) is 3.77. The molecule has 1 aromatic rings. The highest BCUT2D eigenvalue weighted by atomic mass is 16.6. The minimum atomic E-state index is -0.228. The Balaban J connectivity index is 1.38. The lowest BCUT2D eigenvalue weighted by Gasteiger charge is -2.28. The molecular formula is C23H36N4O4. The Morgan fingerprint density at radius 2 is 1.77 bits per heavy atom. The molecule has 2 aliphatic rings. The maximum Gasteiger partial charge on any atom is 0.409 e. The van der Waals surface area contributed by atoms with Gasteiger partial charge in [-0.3, -0.25) is 4.79 Å². The molecule has 1 N–H and O–H groups in total. The van der Waals surface area contributed by atoms with E-state index in [9.17, 15) is 9.59 Å². The average Bonchev–Trinajstić information content (AvgIpc) is 3.03. The summed E-state index contributed by atoms with van der Waals surface area (Å²) in [4.78, 5) is 30.9. The van der Waals surface area contributed by atoms with E-state index >= 15 is 0 Å². The molecule has 8 heteroatoms. The van der Waals surface area contributed by atoms with Crippen molar-refractivity contribution >= 4 is 23.4 Å². The molecule has 0 bridgehead atoms. The van der Waals surface area contributed by atoms with Gasteiger partial charge in [-0.15, -0.1) is 0 Å². The van der Waals surface area contributed by atoms with E-state index in [-0.39, 0.29) is 12.0 Å². The third-order valence-electron chi connectivity index (χ3n) is 5.57. The van der Waals surface area contributed by atoms with Gasteiger partial charge in [0.05, 0.1) is 19.8 Å². The van der Waals surface area contributed by atoms with Crippen LogP contribution in [0.4, 0.5) is 16.2 Å². The average molecular weight is 433 g/mol. The molecule has 0 unspecified atom stereocenters. The van der Waals surface area contributed by atoms with Crippen LogP contribution in [0.25, 0.3) is 0 Å². The Labute approximate surface area is 185 Å². The number of amides is 2. The Morgan fingerprint density at radius 1 is 1.03 bits per heavy atom. The van der Waals surface area contributed by atoms with E-state index in [0.717, 1.165) is 57.2 Å². The van der Waals surface area contributed by atoms with Gasteiger partial charge in [-0.25, -0.2) is 4.79 Å². The molecule has 2 fully saturated rings. The molecule has 2 amide bonds. The number of carbonyl (C=O) groups excluding carboxylic acids is 2. The van der Waals surface area contributed by atoms with Crippen LogP contribution < -0.4 is 10.2 Å². The quantitative estimate of drug-likeness (QED) is 0.714. The minimum absolute atomic E-state index is 0.0107. The van der Waals surface area contributed by atoms with Crippen LogP contribution in [0.2, 0.25) is 0 Å². The highest BCUT2D eigenvalue weighted by Crippen LogP contribution is 2.19. The van der Waals surface area contributed by atoms with E-state index in [1.165, 1.54) is 0 Å². The molecule has 172 valence electrons. The molecule has 0 radical (unpaired) electrons. The molecule has 2 saturated heterocycles. The van der Waals surface area contributed by atoms with Crippen LogP contribution in [0, 0.1) is 5.92 Å². The van der Waals surface area contributed by atoms with E-state index in [2.05, 4.69) is 15.1 Å². The minimum Gasteiger partial charge on any atom is -0.449 e. The predicted molar refractivity (Wildman–Crippen MR) is 122 cm³/mol. The summed E-state index contributed by atoms with van der Waals surface area (Å²) in [5.41, 5.74) is 1.97. The molecule has 0 atom stereocenters. The smallest absolute Gasteiger partial charge is 0.409 e. The SMILES string of the molecule is CC(C)COC(=O)N1CCCN(CCC(=O)Nc2ccc(N3CCOCC3)cc2)CC1. The molecule has 3 rings (SSSR count). The zero-order chi connectivity index (χ0) is 22.1. The standard InChI is InChI=1S/C23H36N4O4/c1-19(2)18-31-23(29)27-10-3-9-25(12-13-27)11-8-22(28)24-20-4-6-21(7-5-20)26-14-16-30-17-15-26/h4-7,19H,3,8-18H2,1-2H3,(H,24,28). The summed E-state index contributed by atoms with van der Waals surface area (Å²) in [5.74, 6) is 0.345. The highest BCUT2D eigenvalue weighted by molar-refractivity contribution is 5.91. The Bertz CT molecular complexity index is 704. The fourth-order valence-electron chi connectivity index (χ4n) is 3.77. The molecule has 0 aliphatic carbocycles. The van der Waals surface area contributed by atoms with Crippen molar-refractivity contribution in [2.24, 2.45) is 5.92 Å². The summed E-state index contributed by atoms with van der Waals surface area (Å²) in [6.07, 6.45) is 1.10. The van der Waals surface area contributed by atoms with Crippen LogP contribution in [0.1, 0.15) is 26.7 Å². The van der Waals surface area contributed by atoms with Crippen LogP contribution in [0.15, 0.2) is 24.3 Å². The number of morpholine rings is 1. The monoisotopic (exact) mass is 432 g/mol. The van der Waals surface area contributed by atoms with Crippen molar-refractivity contribution in [2.75, 3.05) is 75.9 Å². The number of carbonyl (C=O) groups is 2. The summed E-state index contributed by atoms with van der Waals surface area (Å²) in [6.45, 7) is 11.5. The number of anilines is 2. The normalized spacial score (nSPS) is 18.0. The van der Waals surface area contributed by atoms with Gasteiger partial charge in [0.1, 0.15) is 0 Å². The van der Waals surface area contributed by atoms with Gasteiger partial charge in [0, 0.05) is 57.1 Å². The van der Waals surface area contributed by atoms with E-state index < -0.39 is 0 Å². The number of benzene rings is 1. The number of nitrogens with one attached hydrogen (secondary N) is 1. The maximum atomic E-state index is 12.4. The zero-order valence-electron chi connectivity index (χ0n) is 18.8. The molecule has 31 heavy (non-hydrogen) atoms. The summed E-state index contributed by atoms with van der Waals surface area (Å²) < 4.78 is 10.7. The maximum absolute atomic E-state index is 12.4. The lowest BCUT2D eigenvalue weighted by Crippen LogP contribution is -2.36. The van der Waals surface area contributed by atoms with E-state index in [1.807, 2.05) is 38.1 Å². The molecule has 8 nitrogen and oxygen atoms in total. The first-order chi connectivity index (χ1) is 15.0. The van der Waals surface area contributed by atoms with E-state index in [0.29, 0.717) is 38.6 Å². The first kappa shape index (κ1) is 23.3. The number of ether oxygens (including phenoxy) is 2. The molecule has 0 spiro atoms. The molecule has 0 saturated carbocycles. The lowest BCUT2D eigenvalue weighted by molar-refractivity contribution is -0.116. The van der Waals surface area contributed by atoms with Crippen LogP contribution in [0.3, 0.4) is 0 Å². The third kappa shape index (κ3) is 7.70. The van der Waals surface area contributed by atoms with Crippen LogP contribution >= 0.6 is 0 Å². The van der Waals surface area contributed by atoms with Crippen molar-refractivity contribution < 1.29 is 19.1 Å². The third-order valence-corrected chi connectivity index (χ3v) is 5.57. The summed E-state index contributed by atoms with van der Waals surface area (Å²) in [7, 11) is 0. The van der Waals surface area contributed by atoms with Gasteiger partial charge in [-0.2, -0.15) is 0 Å². The molecular weight excluding hydrogens is 396 g/mol. The molecule has 2 aliphatic heterocycles. The zero-order valence-corrected chi connectivity index (χ0v) is 18.8. The second-order valence-corrected chi connectivity index (χ2v) is 8.60. The van der Waals surface area contributed by atoms with Crippen molar-refractivity contribution in [3.8, 4) is 0 Å². The van der Waals surface area contributed by atoms with Crippen molar-refractivity contribution in [3.05, 3.63) is 24.3 Å². The van der Waals surface area contributed by atoms with Crippen molar-refractivity contribution in [3.63, 3.8) is 0 Å². The topological polar surface area (TPSA) is 74.4 Å². The largest absolute Gasteiger partial charge is 0.449 e.